The fourth-order valence-corrected chi connectivity index (χ4v) is 5.46. The first kappa shape index (κ1) is 12.3. The van der Waals surface area contributed by atoms with Crippen molar-refractivity contribution in [1.29, 1.82) is 0 Å². The van der Waals surface area contributed by atoms with Crippen molar-refractivity contribution in [2.45, 2.75) is 43.3 Å². The number of nitrogens with two attached hydrogens (primary N) is 1. The highest BCUT2D eigenvalue weighted by Gasteiger charge is 2.52. The van der Waals surface area contributed by atoms with Crippen molar-refractivity contribution in [3.05, 3.63) is 0 Å². The number of rotatable bonds is 3. The van der Waals surface area contributed by atoms with Gasteiger partial charge in [-0.25, -0.2) is 0 Å². The maximum atomic E-state index is 6.22. The van der Waals surface area contributed by atoms with Gasteiger partial charge in [0, 0.05) is 36.5 Å². The molecular weight excluding hydrogens is 230 g/mol. The second-order valence-electron chi connectivity index (χ2n) is 5.88. The van der Waals surface area contributed by atoms with E-state index in [4.69, 9.17) is 5.73 Å². The summed E-state index contributed by atoms with van der Waals surface area (Å²) in [5.41, 5.74) is 6.50. The first-order valence-corrected chi connectivity index (χ1v) is 8.18. The third-order valence-electron chi connectivity index (χ3n) is 5.33. The zero-order valence-corrected chi connectivity index (χ0v) is 11.7. The van der Waals surface area contributed by atoms with E-state index < -0.39 is 0 Å². The molecule has 3 atom stereocenters. The lowest BCUT2D eigenvalue weighted by atomic mass is 9.85. The molecule has 0 aromatic rings. The highest BCUT2D eigenvalue weighted by molar-refractivity contribution is 7.99. The smallest absolute Gasteiger partial charge is 0.0499 e. The molecule has 3 aliphatic rings. The first-order valence-electron chi connectivity index (χ1n) is 7.03. The summed E-state index contributed by atoms with van der Waals surface area (Å²) < 4.78 is 0. The summed E-state index contributed by atoms with van der Waals surface area (Å²) in [4.78, 5) is 5.36. The standard InChI is InChI=1S/C13H25N3S/c1-15(11-4-8-17-9-11)13(10-14)5-7-16-6-2-3-12(13)16/h11-12H,2-10,14H2,1H3. The lowest BCUT2D eigenvalue weighted by Crippen LogP contribution is -2.61. The minimum absolute atomic E-state index is 0.284. The van der Waals surface area contributed by atoms with Crippen molar-refractivity contribution in [3.8, 4) is 0 Å². The molecule has 3 aliphatic heterocycles. The second-order valence-corrected chi connectivity index (χ2v) is 7.03. The highest BCUT2D eigenvalue weighted by atomic mass is 32.2. The van der Waals surface area contributed by atoms with Gasteiger partial charge in [-0.1, -0.05) is 0 Å². The normalized spacial score (nSPS) is 42.5. The van der Waals surface area contributed by atoms with Crippen molar-refractivity contribution in [2.75, 3.05) is 38.2 Å². The molecule has 3 nitrogen and oxygen atoms in total. The molecule has 3 saturated heterocycles. The third kappa shape index (κ3) is 1.84. The quantitative estimate of drug-likeness (QED) is 0.815. The molecular formula is C13H25N3S. The number of fused-ring (bicyclic) bond motifs is 1. The van der Waals surface area contributed by atoms with Crippen molar-refractivity contribution in [1.82, 2.24) is 9.80 Å². The number of hydrogen-bond acceptors (Lipinski definition) is 4. The average molecular weight is 255 g/mol. The van der Waals surface area contributed by atoms with Crippen LogP contribution < -0.4 is 5.73 Å². The predicted octanol–water partition coefficient (Wildman–Crippen LogP) is 0.989. The van der Waals surface area contributed by atoms with E-state index in [1.54, 1.807) is 0 Å². The summed E-state index contributed by atoms with van der Waals surface area (Å²) in [7, 11) is 2.34. The summed E-state index contributed by atoms with van der Waals surface area (Å²) >= 11 is 2.11. The second kappa shape index (κ2) is 4.72. The molecule has 3 unspecified atom stereocenters. The Hall–Kier alpha value is 0.230. The molecule has 0 amide bonds. The Morgan fingerprint density at radius 3 is 3.00 bits per heavy atom. The van der Waals surface area contributed by atoms with Gasteiger partial charge in [0.1, 0.15) is 0 Å². The first-order chi connectivity index (χ1) is 8.28. The van der Waals surface area contributed by atoms with Gasteiger partial charge in [0.05, 0.1) is 0 Å². The molecule has 3 fully saturated rings. The monoisotopic (exact) mass is 255 g/mol. The van der Waals surface area contributed by atoms with E-state index in [-0.39, 0.29) is 5.54 Å². The zero-order valence-electron chi connectivity index (χ0n) is 10.9. The molecule has 0 aromatic carbocycles. The van der Waals surface area contributed by atoms with Crippen LogP contribution in [-0.2, 0) is 0 Å². The Labute approximate surface area is 109 Å². The van der Waals surface area contributed by atoms with Crippen molar-refractivity contribution < 1.29 is 0 Å². The molecule has 17 heavy (non-hydrogen) atoms. The lowest BCUT2D eigenvalue weighted by Gasteiger charge is -2.45. The molecule has 3 rings (SSSR count). The average Bonchev–Trinajstić information content (AvgIpc) is 3.06. The fraction of sp³-hybridized carbons (Fsp3) is 1.00. The molecule has 0 aromatic heterocycles. The third-order valence-corrected chi connectivity index (χ3v) is 6.47. The Bertz CT molecular complexity index is 280. The van der Waals surface area contributed by atoms with Crippen LogP contribution in [0, 0.1) is 0 Å². The highest BCUT2D eigenvalue weighted by Crippen LogP contribution is 2.41. The van der Waals surface area contributed by atoms with E-state index in [2.05, 4.69) is 28.6 Å². The van der Waals surface area contributed by atoms with Gasteiger partial charge in [0.25, 0.3) is 0 Å². The van der Waals surface area contributed by atoms with Crippen LogP contribution in [0.4, 0.5) is 0 Å². The maximum Gasteiger partial charge on any atom is 0.0499 e. The van der Waals surface area contributed by atoms with Crippen LogP contribution in [0.1, 0.15) is 25.7 Å². The predicted molar refractivity (Wildman–Crippen MR) is 74.5 cm³/mol. The molecule has 98 valence electrons. The summed E-state index contributed by atoms with van der Waals surface area (Å²) in [6.07, 6.45) is 5.38. The van der Waals surface area contributed by atoms with Gasteiger partial charge in [-0.15, -0.1) is 0 Å². The Morgan fingerprint density at radius 2 is 2.29 bits per heavy atom. The summed E-state index contributed by atoms with van der Waals surface area (Å²) in [6, 6.07) is 1.51. The van der Waals surface area contributed by atoms with Gasteiger partial charge in [-0.05, 0) is 45.0 Å². The van der Waals surface area contributed by atoms with Crippen molar-refractivity contribution in [2.24, 2.45) is 5.73 Å². The minimum atomic E-state index is 0.284. The van der Waals surface area contributed by atoms with E-state index in [0.717, 1.165) is 18.6 Å². The van der Waals surface area contributed by atoms with Crippen LogP contribution in [0.5, 0.6) is 0 Å². The number of thioether (sulfide) groups is 1. The van der Waals surface area contributed by atoms with E-state index in [0.29, 0.717) is 0 Å². The van der Waals surface area contributed by atoms with Crippen LogP contribution >= 0.6 is 11.8 Å². The fourth-order valence-electron chi connectivity index (χ4n) is 4.19. The molecule has 0 radical (unpaired) electrons. The molecule has 0 bridgehead atoms. The lowest BCUT2D eigenvalue weighted by molar-refractivity contribution is 0.0602. The topological polar surface area (TPSA) is 32.5 Å². The van der Waals surface area contributed by atoms with Crippen molar-refractivity contribution in [3.63, 3.8) is 0 Å². The van der Waals surface area contributed by atoms with Gasteiger partial charge in [-0.3, -0.25) is 9.80 Å². The minimum Gasteiger partial charge on any atom is -0.329 e. The number of hydrogen-bond donors (Lipinski definition) is 1. The Morgan fingerprint density at radius 1 is 1.41 bits per heavy atom. The van der Waals surface area contributed by atoms with Crippen LogP contribution in [-0.4, -0.2) is 65.6 Å². The van der Waals surface area contributed by atoms with Gasteiger partial charge < -0.3 is 5.73 Å². The number of likely N-dealkylation sites (N-methyl/N-ethyl adjacent to an activating group) is 1. The molecule has 4 heteroatoms. The van der Waals surface area contributed by atoms with E-state index >= 15 is 0 Å². The van der Waals surface area contributed by atoms with Crippen LogP contribution in [0.2, 0.25) is 0 Å². The largest absolute Gasteiger partial charge is 0.329 e. The summed E-state index contributed by atoms with van der Waals surface area (Å²) in [5, 5.41) is 0. The summed E-state index contributed by atoms with van der Waals surface area (Å²) in [6.45, 7) is 3.41. The number of nitrogens with zero attached hydrogens (tertiary/aromatic N) is 2. The Kier molecular flexibility index (Phi) is 3.41. The SMILES string of the molecule is CN(C1CCSC1)C1(CN)CCN2CCCC21. The molecule has 0 saturated carbocycles. The van der Waals surface area contributed by atoms with Gasteiger partial charge in [0.2, 0.25) is 0 Å². The zero-order chi connectivity index (χ0) is 11.9. The molecule has 0 aliphatic carbocycles. The maximum absolute atomic E-state index is 6.22. The van der Waals surface area contributed by atoms with Crippen LogP contribution in [0.15, 0.2) is 0 Å². The molecule has 0 spiro atoms. The van der Waals surface area contributed by atoms with Gasteiger partial charge >= 0.3 is 0 Å². The van der Waals surface area contributed by atoms with Crippen LogP contribution in [0.25, 0.3) is 0 Å². The van der Waals surface area contributed by atoms with E-state index in [1.807, 2.05) is 0 Å². The Balaban J connectivity index is 1.80. The van der Waals surface area contributed by atoms with Gasteiger partial charge in [0.15, 0.2) is 0 Å². The molecule has 3 heterocycles. The molecule has 2 N–H and O–H groups in total. The van der Waals surface area contributed by atoms with E-state index in [9.17, 15) is 0 Å². The van der Waals surface area contributed by atoms with Crippen LogP contribution in [0.3, 0.4) is 0 Å². The van der Waals surface area contributed by atoms with Gasteiger partial charge in [-0.2, -0.15) is 11.8 Å². The van der Waals surface area contributed by atoms with Crippen molar-refractivity contribution >= 4 is 11.8 Å². The summed E-state index contributed by atoms with van der Waals surface area (Å²) in [5.74, 6) is 2.65. The van der Waals surface area contributed by atoms with E-state index in [1.165, 1.54) is 50.3 Å².